The number of aromatic amines is 1. The van der Waals surface area contributed by atoms with E-state index in [9.17, 15) is 0 Å². The molecule has 2 aromatic carbocycles. The van der Waals surface area contributed by atoms with Crippen LogP contribution in [0.1, 0.15) is 30.9 Å². The van der Waals surface area contributed by atoms with Gasteiger partial charge in [-0.3, -0.25) is 9.80 Å². The normalized spacial score (nSPS) is 19.8. The zero-order chi connectivity index (χ0) is 21.0. The second-order valence-corrected chi connectivity index (χ2v) is 9.28. The average molecular weight is 417 g/mol. The van der Waals surface area contributed by atoms with Crippen LogP contribution in [0.3, 0.4) is 0 Å². The standard InChI is InChI=1S/C27H36N4/c1-2-12-30(16-13-29-14-17-31(18-15-29)25-6-4-3-5-7-25)26-9-8-22-19-23-10-11-28-27(23)21-24(22)20-26/h3-7,10-11,19,21,26,28H,2,8-9,12-18,20H2,1H3. The summed E-state index contributed by atoms with van der Waals surface area (Å²) in [6.45, 7) is 10.6. The molecule has 4 heteroatoms. The third kappa shape index (κ3) is 4.65. The van der Waals surface area contributed by atoms with E-state index in [1.807, 2.05) is 0 Å². The van der Waals surface area contributed by atoms with Gasteiger partial charge in [0.25, 0.3) is 0 Å². The molecule has 0 saturated carbocycles. The van der Waals surface area contributed by atoms with Gasteiger partial charge in [-0.25, -0.2) is 0 Å². The van der Waals surface area contributed by atoms with Gasteiger partial charge in [0.15, 0.2) is 0 Å². The van der Waals surface area contributed by atoms with Gasteiger partial charge in [-0.15, -0.1) is 0 Å². The van der Waals surface area contributed by atoms with Crippen molar-refractivity contribution in [1.82, 2.24) is 14.8 Å². The summed E-state index contributed by atoms with van der Waals surface area (Å²) in [6.07, 6.45) is 7.02. The lowest BCUT2D eigenvalue weighted by Gasteiger charge is -2.39. The van der Waals surface area contributed by atoms with Crippen LogP contribution in [0.5, 0.6) is 0 Å². The van der Waals surface area contributed by atoms with Gasteiger partial charge in [0, 0.05) is 62.7 Å². The molecule has 1 aliphatic carbocycles. The molecule has 164 valence electrons. The van der Waals surface area contributed by atoms with Crippen LogP contribution in [0, 0.1) is 0 Å². The molecule has 1 aromatic heterocycles. The number of para-hydroxylation sites is 1. The average Bonchev–Trinajstić information content (AvgIpc) is 3.28. The van der Waals surface area contributed by atoms with E-state index in [0.717, 1.165) is 13.1 Å². The molecule has 0 spiro atoms. The number of aryl methyl sites for hydroxylation is 1. The monoisotopic (exact) mass is 416 g/mol. The molecule has 1 N–H and O–H groups in total. The molecule has 2 aliphatic rings. The maximum absolute atomic E-state index is 3.40. The fourth-order valence-electron chi connectivity index (χ4n) is 5.51. The second kappa shape index (κ2) is 9.46. The van der Waals surface area contributed by atoms with Crippen LogP contribution in [0.2, 0.25) is 0 Å². The van der Waals surface area contributed by atoms with E-state index in [0.29, 0.717) is 6.04 Å². The largest absolute Gasteiger partial charge is 0.369 e. The third-order valence-electron chi connectivity index (χ3n) is 7.30. The Bertz CT molecular complexity index is 971. The van der Waals surface area contributed by atoms with Crippen molar-refractivity contribution in [2.45, 2.75) is 38.6 Å². The van der Waals surface area contributed by atoms with Crippen LogP contribution in [0.4, 0.5) is 5.69 Å². The van der Waals surface area contributed by atoms with Crippen molar-refractivity contribution in [2.75, 3.05) is 50.7 Å². The van der Waals surface area contributed by atoms with Crippen LogP contribution < -0.4 is 4.90 Å². The molecule has 5 rings (SSSR count). The first-order valence-electron chi connectivity index (χ1n) is 12.2. The summed E-state index contributed by atoms with van der Waals surface area (Å²) in [5, 5.41) is 1.36. The Morgan fingerprint density at radius 3 is 2.61 bits per heavy atom. The SMILES string of the molecule is CCCN(CCN1CCN(c2ccccc2)CC1)C1CCc2cc3cc[nH]c3cc2C1. The van der Waals surface area contributed by atoms with E-state index in [1.54, 1.807) is 11.1 Å². The Kier molecular flexibility index (Phi) is 6.28. The molecule has 31 heavy (non-hydrogen) atoms. The topological polar surface area (TPSA) is 25.5 Å². The van der Waals surface area contributed by atoms with Gasteiger partial charge in [-0.2, -0.15) is 0 Å². The number of rotatable bonds is 7. The zero-order valence-electron chi connectivity index (χ0n) is 18.9. The number of benzene rings is 2. The Hall–Kier alpha value is -2.30. The fraction of sp³-hybridized carbons (Fsp3) is 0.481. The van der Waals surface area contributed by atoms with Crippen molar-refractivity contribution >= 4 is 16.6 Å². The lowest BCUT2D eigenvalue weighted by Crippen LogP contribution is -2.50. The molecular weight excluding hydrogens is 380 g/mol. The highest BCUT2D eigenvalue weighted by molar-refractivity contribution is 5.81. The number of hydrogen-bond acceptors (Lipinski definition) is 3. The van der Waals surface area contributed by atoms with E-state index in [-0.39, 0.29) is 0 Å². The molecular formula is C27H36N4. The van der Waals surface area contributed by atoms with Crippen LogP contribution in [-0.4, -0.2) is 66.6 Å². The Labute approximate surface area is 186 Å². The molecule has 4 nitrogen and oxygen atoms in total. The molecule has 1 unspecified atom stereocenters. The van der Waals surface area contributed by atoms with Crippen molar-refractivity contribution < 1.29 is 0 Å². The second-order valence-electron chi connectivity index (χ2n) is 9.28. The molecule has 1 fully saturated rings. The zero-order valence-corrected chi connectivity index (χ0v) is 18.9. The molecule has 1 saturated heterocycles. The number of piperazine rings is 1. The summed E-state index contributed by atoms with van der Waals surface area (Å²) in [5.74, 6) is 0. The van der Waals surface area contributed by atoms with E-state index in [1.165, 1.54) is 75.0 Å². The Morgan fingerprint density at radius 1 is 0.968 bits per heavy atom. The van der Waals surface area contributed by atoms with Crippen LogP contribution in [0.15, 0.2) is 54.7 Å². The summed E-state index contributed by atoms with van der Waals surface area (Å²) in [5.41, 5.74) is 5.78. The summed E-state index contributed by atoms with van der Waals surface area (Å²) in [7, 11) is 0. The van der Waals surface area contributed by atoms with Gasteiger partial charge in [-0.1, -0.05) is 25.1 Å². The smallest absolute Gasteiger partial charge is 0.0456 e. The predicted octanol–water partition coefficient (Wildman–Crippen LogP) is 4.56. The van der Waals surface area contributed by atoms with Crippen molar-refractivity contribution in [2.24, 2.45) is 0 Å². The van der Waals surface area contributed by atoms with Gasteiger partial charge in [0.05, 0.1) is 0 Å². The number of aromatic nitrogens is 1. The van der Waals surface area contributed by atoms with Crippen LogP contribution in [-0.2, 0) is 12.8 Å². The number of anilines is 1. The first-order chi connectivity index (χ1) is 15.3. The molecule has 0 radical (unpaired) electrons. The maximum Gasteiger partial charge on any atom is 0.0456 e. The molecule has 1 atom stereocenters. The summed E-state index contributed by atoms with van der Waals surface area (Å²) < 4.78 is 0. The van der Waals surface area contributed by atoms with E-state index in [2.05, 4.69) is 81.3 Å². The lowest BCUT2D eigenvalue weighted by molar-refractivity contribution is 0.145. The van der Waals surface area contributed by atoms with Crippen molar-refractivity contribution in [3.05, 3.63) is 65.9 Å². The number of hydrogen-bond donors (Lipinski definition) is 1. The molecule has 2 heterocycles. The van der Waals surface area contributed by atoms with Crippen molar-refractivity contribution in [1.29, 1.82) is 0 Å². The quantitative estimate of drug-likeness (QED) is 0.611. The minimum Gasteiger partial charge on any atom is -0.369 e. The molecule has 3 aromatic rings. The first-order valence-corrected chi connectivity index (χ1v) is 12.2. The Balaban J connectivity index is 1.17. The third-order valence-corrected chi connectivity index (χ3v) is 7.30. The highest BCUT2D eigenvalue weighted by Crippen LogP contribution is 2.28. The van der Waals surface area contributed by atoms with Crippen molar-refractivity contribution in [3.8, 4) is 0 Å². The summed E-state index contributed by atoms with van der Waals surface area (Å²) in [4.78, 5) is 11.4. The van der Waals surface area contributed by atoms with Crippen molar-refractivity contribution in [3.63, 3.8) is 0 Å². The van der Waals surface area contributed by atoms with E-state index >= 15 is 0 Å². The maximum atomic E-state index is 3.40. The number of H-pyrrole nitrogens is 1. The number of nitrogens with one attached hydrogen (secondary N) is 1. The fourth-order valence-corrected chi connectivity index (χ4v) is 5.51. The van der Waals surface area contributed by atoms with Gasteiger partial charge >= 0.3 is 0 Å². The Morgan fingerprint density at radius 2 is 1.81 bits per heavy atom. The lowest BCUT2D eigenvalue weighted by atomic mass is 9.86. The summed E-state index contributed by atoms with van der Waals surface area (Å²) in [6, 6.07) is 18.6. The summed E-state index contributed by atoms with van der Waals surface area (Å²) >= 11 is 0. The van der Waals surface area contributed by atoms with Crippen LogP contribution in [0.25, 0.3) is 10.9 Å². The highest BCUT2D eigenvalue weighted by atomic mass is 15.3. The molecule has 0 bridgehead atoms. The van der Waals surface area contributed by atoms with Crippen LogP contribution >= 0.6 is 0 Å². The van der Waals surface area contributed by atoms with E-state index < -0.39 is 0 Å². The number of nitrogens with zero attached hydrogens (tertiary/aromatic N) is 3. The van der Waals surface area contributed by atoms with E-state index in [4.69, 9.17) is 0 Å². The first kappa shape index (κ1) is 20.6. The van der Waals surface area contributed by atoms with Gasteiger partial charge < -0.3 is 9.88 Å². The predicted molar refractivity (Wildman–Crippen MR) is 131 cm³/mol. The minimum absolute atomic E-state index is 0.686. The molecule has 1 aliphatic heterocycles. The highest BCUT2D eigenvalue weighted by Gasteiger charge is 2.25. The minimum atomic E-state index is 0.686. The van der Waals surface area contributed by atoms with Gasteiger partial charge in [0.1, 0.15) is 0 Å². The molecule has 0 amide bonds. The number of fused-ring (bicyclic) bond motifs is 2. The van der Waals surface area contributed by atoms with Gasteiger partial charge in [-0.05, 0) is 79.1 Å². The van der Waals surface area contributed by atoms with Gasteiger partial charge in [0.2, 0.25) is 0 Å².